The Bertz CT molecular complexity index is 427. The van der Waals surface area contributed by atoms with Gasteiger partial charge in [-0.2, -0.15) is 0 Å². The quantitative estimate of drug-likeness (QED) is 0.568. The molecule has 0 saturated heterocycles. The van der Waals surface area contributed by atoms with Crippen LogP contribution in [0.3, 0.4) is 0 Å². The van der Waals surface area contributed by atoms with E-state index in [0.29, 0.717) is 17.1 Å². The van der Waals surface area contributed by atoms with Crippen LogP contribution in [0.15, 0.2) is 18.2 Å². The van der Waals surface area contributed by atoms with Crippen molar-refractivity contribution in [2.24, 2.45) is 5.84 Å². The average Bonchev–Trinajstić information content (AvgIpc) is 2.26. The number of nitrogen functional groups attached to an aromatic ring is 1. The molecule has 0 unspecified atom stereocenters. The SMILES string of the molecule is COc1ccc(NC(=O)OC(C)(C)C)cc1NN. The lowest BCUT2D eigenvalue weighted by atomic mass is 10.2. The van der Waals surface area contributed by atoms with Crippen molar-refractivity contribution in [2.45, 2.75) is 26.4 Å². The molecule has 1 aromatic rings. The van der Waals surface area contributed by atoms with Gasteiger partial charge in [0.2, 0.25) is 0 Å². The smallest absolute Gasteiger partial charge is 0.412 e. The van der Waals surface area contributed by atoms with Gasteiger partial charge in [0.15, 0.2) is 0 Å². The van der Waals surface area contributed by atoms with Gasteiger partial charge >= 0.3 is 6.09 Å². The van der Waals surface area contributed by atoms with Crippen LogP contribution in [-0.4, -0.2) is 18.8 Å². The van der Waals surface area contributed by atoms with E-state index < -0.39 is 11.7 Å². The molecule has 0 fully saturated rings. The summed E-state index contributed by atoms with van der Waals surface area (Å²) >= 11 is 0. The van der Waals surface area contributed by atoms with Crippen molar-refractivity contribution in [2.75, 3.05) is 17.9 Å². The molecule has 1 rings (SSSR count). The minimum Gasteiger partial charge on any atom is -0.495 e. The minimum atomic E-state index is -0.536. The van der Waals surface area contributed by atoms with E-state index in [-0.39, 0.29) is 0 Å². The van der Waals surface area contributed by atoms with Crippen LogP contribution >= 0.6 is 0 Å². The van der Waals surface area contributed by atoms with E-state index in [1.165, 1.54) is 7.11 Å². The highest BCUT2D eigenvalue weighted by atomic mass is 16.6. The van der Waals surface area contributed by atoms with Crippen molar-refractivity contribution in [3.63, 3.8) is 0 Å². The third-order valence-electron chi connectivity index (χ3n) is 2.00. The molecular formula is C12H19N3O3. The van der Waals surface area contributed by atoms with Crippen molar-refractivity contribution in [3.05, 3.63) is 18.2 Å². The third-order valence-corrected chi connectivity index (χ3v) is 2.00. The van der Waals surface area contributed by atoms with E-state index in [1.54, 1.807) is 39.0 Å². The summed E-state index contributed by atoms with van der Waals surface area (Å²) < 4.78 is 10.2. The third kappa shape index (κ3) is 4.14. The van der Waals surface area contributed by atoms with Crippen molar-refractivity contribution in [1.29, 1.82) is 0 Å². The fourth-order valence-electron chi connectivity index (χ4n) is 1.32. The lowest BCUT2D eigenvalue weighted by molar-refractivity contribution is 0.0636. The van der Waals surface area contributed by atoms with Gasteiger partial charge in [0, 0.05) is 5.69 Å². The van der Waals surface area contributed by atoms with Gasteiger partial charge in [-0.1, -0.05) is 0 Å². The molecule has 1 aromatic carbocycles. The Morgan fingerprint density at radius 1 is 1.33 bits per heavy atom. The van der Waals surface area contributed by atoms with Gasteiger partial charge in [-0.15, -0.1) is 0 Å². The van der Waals surface area contributed by atoms with E-state index in [1.807, 2.05) is 0 Å². The summed E-state index contributed by atoms with van der Waals surface area (Å²) in [5.74, 6) is 5.94. The molecule has 0 atom stereocenters. The fraction of sp³-hybridized carbons (Fsp3) is 0.417. The van der Waals surface area contributed by atoms with Crippen LogP contribution in [0.2, 0.25) is 0 Å². The number of carbonyl (C=O) groups excluding carboxylic acids is 1. The number of amides is 1. The molecule has 0 spiro atoms. The highest BCUT2D eigenvalue weighted by Crippen LogP contribution is 2.27. The maximum absolute atomic E-state index is 11.6. The summed E-state index contributed by atoms with van der Waals surface area (Å²) in [6, 6.07) is 5.05. The molecule has 0 radical (unpaired) electrons. The number of hydrogen-bond donors (Lipinski definition) is 3. The van der Waals surface area contributed by atoms with Crippen LogP contribution in [0.4, 0.5) is 16.2 Å². The van der Waals surface area contributed by atoms with Crippen LogP contribution in [0.5, 0.6) is 5.75 Å². The van der Waals surface area contributed by atoms with Gasteiger partial charge in [0.1, 0.15) is 11.4 Å². The number of benzene rings is 1. The molecule has 0 aliphatic rings. The van der Waals surface area contributed by atoms with Gasteiger partial charge in [-0.05, 0) is 39.0 Å². The summed E-state index contributed by atoms with van der Waals surface area (Å²) in [6.45, 7) is 5.40. The first-order chi connectivity index (χ1) is 8.35. The lowest BCUT2D eigenvalue weighted by Crippen LogP contribution is -2.27. The summed E-state index contributed by atoms with van der Waals surface area (Å²) in [5.41, 5.74) is 3.10. The summed E-state index contributed by atoms with van der Waals surface area (Å²) in [4.78, 5) is 11.6. The van der Waals surface area contributed by atoms with Gasteiger partial charge in [0.25, 0.3) is 0 Å². The van der Waals surface area contributed by atoms with Crippen molar-refractivity contribution < 1.29 is 14.3 Å². The molecule has 0 aliphatic heterocycles. The number of anilines is 2. The first-order valence-electron chi connectivity index (χ1n) is 5.50. The van der Waals surface area contributed by atoms with Crippen LogP contribution in [-0.2, 0) is 4.74 Å². The number of ether oxygens (including phenoxy) is 2. The molecule has 6 nitrogen and oxygen atoms in total. The summed E-state index contributed by atoms with van der Waals surface area (Å²) in [7, 11) is 1.54. The maximum atomic E-state index is 11.6. The van der Waals surface area contributed by atoms with E-state index >= 15 is 0 Å². The number of hydrogen-bond acceptors (Lipinski definition) is 5. The predicted octanol–water partition coefficient (Wildman–Crippen LogP) is 2.33. The second-order valence-corrected chi connectivity index (χ2v) is 4.69. The second kappa shape index (κ2) is 5.59. The predicted molar refractivity (Wildman–Crippen MR) is 70.7 cm³/mol. The Morgan fingerprint density at radius 2 is 2.00 bits per heavy atom. The maximum Gasteiger partial charge on any atom is 0.412 e. The van der Waals surface area contributed by atoms with E-state index in [9.17, 15) is 4.79 Å². The molecular weight excluding hydrogens is 234 g/mol. The van der Waals surface area contributed by atoms with Crippen LogP contribution < -0.4 is 21.3 Å². The fourth-order valence-corrected chi connectivity index (χ4v) is 1.32. The monoisotopic (exact) mass is 253 g/mol. The number of carbonyl (C=O) groups is 1. The van der Waals surface area contributed by atoms with Crippen molar-refractivity contribution >= 4 is 17.5 Å². The van der Waals surface area contributed by atoms with Crippen LogP contribution in [0, 0.1) is 0 Å². The largest absolute Gasteiger partial charge is 0.495 e. The van der Waals surface area contributed by atoms with Crippen molar-refractivity contribution in [3.8, 4) is 5.75 Å². The van der Waals surface area contributed by atoms with Crippen LogP contribution in [0.25, 0.3) is 0 Å². The minimum absolute atomic E-state index is 0.518. The number of nitrogens with two attached hydrogens (primary N) is 1. The summed E-state index contributed by atoms with van der Waals surface area (Å²) in [6.07, 6.45) is -0.518. The molecule has 18 heavy (non-hydrogen) atoms. The van der Waals surface area contributed by atoms with Gasteiger partial charge < -0.3 is 14.9 Å². The zero-order valence-corrected chi connectivity index (χ0v) is 11.0. The Hall–Kier alpha value is -1.95. The van der Waals surface area contributed by atoms with E-state index in [2.05, 4.69) is 10.7 Å². The highest BCUT2D eigenvalue weighted by Gasteiger charge is 2.16. The van der Waals surface area contributed by atoms with Crippen molar-refractivity contribution in [1.82, 2.24) is 0 Å². The topological polar surface area (TPSA) is 85.6 Å². The molecule has 4 N–H and O–H groups in total. The molecule has 0 saturated carbocycles. The molecule has 1 amide bonds. The first-order valence-corrected chi connectivity index (χ1v) is 5.50. The first kappa shape index (κ1) is 14.1. The summed E-state index contributed by atoms with van der Waals surface area (Å²) in [5, 5.41) is 2.61. The highest BCUT2D eigenvalue weighted by molar-refractivity contribution is 5.86. The standard InChI is InChI=1S/C12H19N3O3/c1-12(2,3)18-11(16)14-8-5-6-10(17-4)9(7-8)15-13/h5-7,15H,13H2,1-4H3,(H,14,16). The Kier molecular flexibility index (Phi) is 4.38. The Labute approximate surface area is 106 Å². The van der Waals surface area contributed by atoms with E-state index in [0.717, 1.165) is 0 Å². The molecule has 0 heterocycles. The van der Waals surface area contributed by atoms with Gasteiger partial charge in [-0.25, -0.2) is 4.79 Å². The molecule has 0 bridgehead atoms. The number of methoxy groups -OCH3 is 1. The zero-order valence-electron chi connectivity index (χ0n) is 11.0. The lowest BCUT2D eigenvalue weighted by Gasteiger charge is -2.20. The number of nitrogens with one attached hydrogen (secondary N) is 2. The Morgan fingerprint density at radius 3 is 2.50 bits per heavy atom. The molecule has 6 heteroatoms. The van der Waals surface area contributed by atoms with Gasteiger partial charge in [0.05, 0.1) is 12.8 Å². The number of hydrazine groups is 1. The van der Waals surface area contributed by atoms with E-state index in [4.69, 9.17) is 15.3 Å². The van der Waals surface area contributed by atoms with Gasteiger partial charge in [-0.3, -0.25) is 11.2 Å². The zero-order chi connectivity index (χ0) is 13.8. The molecule has 0 aromatic heterocycles. The Balaban J connectivity index is 2.76. The molecule has 100 valence electrons. The molecule has 0 aliphatic carbocycles. The van der Waals surface area contributed by atoms with Crippen LogP contribution in [0.1, 0.15) is 20.8 Å². The number of rotatable bonds is 3. The second-order valence-electron chi connectivity index (χ2n) is 4.69. The normalized spacial score (nSPS) is 10.7. The average molecular weight is 253 g/mol.